The summed E-state index contributed by atoms with van der Waals surface area (Å²) in [7, 11) is 0. The molecule has 0 saturated heterocycles. The van der Waals surface area contributed by atoms with Gasteiger partial charge in [-0.25, -0.2) is 0 Å². The standard InChI is InChI=1S/C24H22F3N3O/c1-4-12-29-16(3)18(19-13-15(2)10-11-21(19)29)14-20-22(24(25,26)27)28-30(23(20)31)17-8-6-5-7-9-17/h5-11,13-14H,4,12H2,1-3H3/b20-14+. The van der Waals surface area contributed by atoms with E-state index in [2.05, 4.69) is 9.67 Å². The van der Waals surface area contributed by atoms with E-state index in [0.29, 0.717) is 11.3 Å². The first kappa shape index (κ1) is 20.9. The number of hydrogen-bond donors (Lipinski definition) is 0. The van der Waals surface area contributed by atoms with E-state index in [1.165, 1.54) is 6.08 Å². The van der Waals surface area contributed by atoms with E-state index in [4.69, 9.17) is 0 Å². The number of aryl methyl sites for hydroxylation is 2. The molecule has 160 valence electrons. The topological polar surface area (TPSA) is 37.6 Å². The van der Waals surface area contributed by atoms with Crippen LogP contribution < -0.4 is 5.01 Å². The molecule has 1 aliphatic rings. The van der Waals surface area contributed by atoms with Crippen molar-refractivity contribution in [1.29, 1.82) is 0 Å². The lowest BCUT2D eigenvalue weighted by molar-refractivity contribution is -0.114. The molecule has 0 unspecified atom stereocenters. The third kappa shape index (κ3) is 3.65. The number of hydrazone groups is 1. The molecular weight excluding hydrogens is 403 g/mol. The molecule has 1 aliphatic heterocycles. The van der Waals surface area contributed by atoms with Gasteiger partial charge in [0.1, 0.15) is 0 Å². The Hall–Kier alpha value is -3.35. The van der Waals surface area contributed by atoms with Crippen LogP contribution >= 0.6 is 0 Å². The summed E-state index contributed by atoms with van der Waals surface area (Å²) in [5, 5.41) is 5.30. The summed E-state index contributed by atoms with van der Waals surface area (Å²) in [6.07, 6.45) is -2.53. The van der Waals surface area contributed by atoms with Crippen LogP contribution in [-0.4, -0.2) is 22.4 Å². The summed E-state index contributed by atoms with van der Waals surface area (Å²) in [5.41, 5.74) is 2.03. The molecule has 2 heterocycles. The van der Waals surface area contributed by atoms with Gasteiger partial charge < -0.3 is 4.57 Å². The Bertz CT molecular complexity index is 1220. The average molecular weight is 425 g/mol. The Kier molecular flexibility index (Phi) is 5.21. The van der Waals surface area contributed by atoms with Crippen LogP contribution in [0.5, 0.6) is 0 Å². The molecule has 7 heteroatoms. The van der Waals surface area contributed by atoms with Crippen molar-refractivity contribution in [2.45, 2.75) is 39.9 Å². The van der Waals surface area contributed by atoms with Crippen LogP contribution in [0.15, 0.2) is 59.2 Å². The summed E-state index contributed by atoms with van der Waals surface area (Å²) >= 11 is 0. The molecule has 0 N–H and O–H groups in total. The van der Waals surface area contributed by atoms with Crippen LogP contribution in [0.1, 0.15) is 30.2 Å². The predicted octanol–water partition coefficient (Wildman–Crippen LogP) is 6.02. The normalized spacial score (nSPS) is 15.9. The van der Waals surface area contributed by atoms with E-state index < -0.39 is 23.4 Å². The van der Waals surface area contributed by atoms with Crippen LogP contribution in [0.3, 0.4) is 0 Å². The minimum atomic E-state index is -4.75. The lowest BCUT2D eigenvalue weighted by Gasteiger charge is -2.11. The minimum absolute atomic E-state index is 0.290. The number of alkyl halides is 3. The van der Waals surface area contributed by atoms with Gasteiger partial charge in [0, 0.05) is 28.7 Å². The largest absolute Gasteiger partial charge is 0.435 e. The number of amides is 1. The molecule has 0 saturated carbocycles. The fourth-order valence-corrected chi connectivity index (χ4v) is 3.96. The van der Waals surface area contributed by atoms with Gasteiger partial charge in [-0.2, -0.15) is 23.3 Å². The second kappa shape index (κ2) is 7.72. The van der Waals surface area contributed by atoms with Crippen molar-refractivity contribution >= 4 is 34.3 Å². The Morgan fingerprint density at radius 1 is 1.06 bits per heavy atom. The van der Waals surface area contributed by atoms with Gasteiger partial charge in [0.05, 0.1) is 11.3 Å². The first-order valence-corrected chi connectivity index (χ1v) is 10.1. The summed E-state index contributed by atoms with van der Waals surface area (Å²) in [5.74, 6) is -0.790. The molecule has 3 aromatic rings. The molecule has 0 atom stereocenters. The van der Waals surface area contributed by atoms with E-state index >= 15 is 0 Å². The van der Waals surface area contributed by atoms with Gasteiger partial charge in [0.15, 0.2) is 5.71 Å². The first-order chi connectivity index (χ1) is 14.7. The lowest BCUT2D eigenvalue weighted by Crippen LogP contribution is -2.25. The maximum Gasteiger partial charge on any atom is 0.435 e. The maximum atomic E-state index is 13.8. The molecule has 0 radical (unpaired) electrons. The number of fused-ring (bicyclic) bond motifs is 1. The van der Waals surface area contributed by atoms with Gasteiger partial charge in [0.25, 0.3) is 5.91 Å². The zero-order valence-corrected chi connectivity index (χ0v) is 17.5. The zero-order valence-electron chi connectivity index (χ0n) is 17.5. The number of para-hydroxylation sites is 1. The molecule has 4 rings (SSSR count). The molecule has 0 fully saturated rings. The quantitative estimate of drug-likeness (QED) is 0.471. The summed E-state index contributed by atoms with van der Waals surface area (Å²) in [6, 6.07) is 14.0. The van der Waals surface area contributed by atoms with Crippen molar-refractivity contribution in [1.82, 2.24) is 4.57 Å². The number of anilines is 1. The van der Waals surface area contributed by atoms with E-state index in [-0.39, 0.29) is 0 Å². The lowest BCUT2D eigenvalue weighted by atomic mass is 10.0. The summed E-state index contributed by atoms with van der Waals surface area (Å²) < 4.78 is 43.6. The Balaban J connectivity index is 1.92. The number of halogens is 3. The molecule has 4 nitrogen and oxygen atoms in total. The van der Waals surface area contributed by atoms with Crippen LogP contribution in [0.25, 0.3) is 17.0 Å². The fraction of sp³-hybridized carbons (Fsp3) is 0.250. The van der Waals surface area contributed by atoms with E-state index in [9.17, 15) is 18.0 Å². The minimum Gasteiger partial charge on any atom is -0.344 e. The van der Waals surface area contributed by atoms with Crippen LogP contribution in [-0.2, 0) is 11.3 Å². The molecule has 1 amide bonds. The molecule has 0 spiro atoms. The smallest absolute Gasteiger partial charge is 0.344 e. The number of benzene rings is 2. The second-order valence-electron chi connectivity index (χ2n) is 7.63. The number of nitrogens with zero attached hydrogens (tertiary/aromatic N) is 3. The van der Waals surface area contributed by atoms with Crippen molar-refractivity contribution < 1.29 is 18.0 Å². The third-order valence-corrected chi connectivity index (χ3v) is 5.41. The Morgan fingerprint density at radius 2 is 1.77 bits per heavy atom. The van der Waals surface area contributed by atoms with Crippen molar-refractivity contribution in [3.63, 3.8) is 0 Å². The SMILES string of the molecule is CCCn1c(C)c(/C=C2/C(=O)N(c3ccccc3)N=C2C(F)(F)F)c2cc(C)ccc21. The molecule has 1 aromatic heterocycles. The van der Waals surface area contributed by atoms with Gasteiger partial charge in [-0.3, -0.25) is 4.79 Å². The van der Waals surface area contributed by atoms with Crippen molar-refractivity contribution in [2.24, 2.45) is 5.10 Å². The zero-order chi connectivity index (χ0) is 22.3. The molecule has 0 bridgehead atoms. The van der Waals surface area contributed by atoms with Crippen molar-refractivity contribution in [2.75, 3.05) is 5.01 Å². The highest BCUT2D eigenvalue weighted by Gasteiger charge is 2.47. The highest BCUT2D eigenvalue weighted by atomic mass is 19.4. The monoisotopic (exact) mass is 425 g/mol. The molecular formula is C24H22F3N3O. The summed E-state index contributed by atoms with van der Waals surface area (Å²) in [6.45, 7) is 6.59. The highest BCUT2D eigenvalue weighted by Crippen LogP contribution is 2.35. The average Bonchev–Trinajstić information content (AvgIpc) is 3.19. The Labute approximate surface area is 178 Å². The number of hydrogen-bond acceptors (Lipinski definition) is 2. The van der Waals surface area contributed by atoms with Gasteiger partial charge in [-0.1, -0.05) is 36.8 Å². The number of aromatic nitrogens is 1. The van der Waals surface area contributed by atoms with Gasteiger partial charge >= 0.3 is 6.18 Å². The van der Waals surface area contributed by atoms with Crippen molar-refractivity contribution in [3.05, 3.63) is 70.9 Å². The predicted molar refractivity (Wildman–Crippen MR) is 117 cm³/mol. The van der Waals surface area contributed by atoms with E-state index in [1.807, 2.05) is 39.0 Å². The molecule has 2 aromatic carbocycles. The number of rotatable bonds is 4. The Morgan fingerprint density at radius 3 is 2.42 bits per heavy atom. The van der Waals surface area contributed by atoms with Crippen LogP contribution in [0.2, 0.25) is 0 Å². The van der Waals surface area contributed by atoms with Crippen LogP contribution in [0, 0.1) is 13.8 Å². The summed E-state index contributed by atoms with van der Waals surface area (Å²) in [4.78, 5) is 13.1. The van der Waals surface area contributed by atoms with Crippen molar-refractivity contribution in [3.8, 4) is 0 Å². The maximum absolute atomic E-state index is 13.8. The van der Waals surface area contributed by atoms with Crippen LogP contribution in [0.4, 0.5) is 18.9 Å². The van der Waals surface area contributed by atoms with Gasteiger partial charge in [-0.15, -0.1) is 0 Å². The highest BCUT2D eigenvalue weighted by molar-refractivity contribution is 6.34. The second-order valence-corrected chi connectivity index (χ2v) is 7.63. The molecule has 31 heavy (non-hydrogen) atoms. The number of carbonyl (C=O) groups excluding carboxylic acids is 1. The van der Waals surface area contributed by atoms with Gasteiger partial charge in [0.2, 0.25) is 0 Å². The number of carbonyl (C=O) groups is 1. The van der Waals surface area contributed by atoms with E-state index in [1.54, 1.807) is 30.3 Å². The fourth-order valence-electron chi connectivity index (χ4n) is 3.96. The van der Waals surface area contributed by atoms with E-state index in [0.717, 1.165) is 40.1 Å². The first-order valence-electron chi connectivity index (χ1n) is 10.1. The van der Waals surface area contributed by atoms with Gasteiger partial charge in [-0.05, 0) is 50.6 Å². The molecule has 0 aliphatic carbocycles. The third-order valence-electron chi connectivity index (χ3n) is 5.41.